The number of carbonyl (C=O) groups is 3. The topological polar surface area (TPSA) is 125 Å². The number of hydrogen-bond acceptors (Lipinski definition) is 6. The molecule has 3 amide bonds. The largest absolute Gasteiger partial charge is 0.354 e. The summed E-state index contributed by atoms with van der Waals surface area (Å²) < 4.78 is 0. The zero-order chi connectivity index (χ0) is 28.7. The van der Waals surface area contributed by atoms with E-state index in [0.717, 1.165) is 47.3 Å². The number of nitrogens with zero attached hydrogens (tertiary/aromatic N) is 3. The van der Waals surface area contributed by atoms with Gasteiger partial charge in [0.15, 0.2) is 0 Å². The normalized spacial score (nSPS) is 17.2. The predicted octanol–water partition coefficient (Wildman–Crippen LogP) is 4.55. The molecule has 0 unspecified atom stereocenters. The van der Waals surface area contributed by atoms with Gasteiger partial charge >= 0.3 is 0 Å². The van der Waals surface area contributed by atoms with Crippen molar-refractivity contribution in [3.63, 3.8) is 0 Å². The fraction of sp³-hybridized carbons (Fsp3) is 0.258. The van der Waals surface area contributed by atoms with Gasteiger partial charge < -0.3 is 20.4 Å². The maximum Gasteiger partial charge on any atom is 0.270 e. The van der Waals surface area contributed by atoms with Crippen LogP contribution in [0, 0.1) is 10.1 Å². The molecule has 6 rings (SSSR count). The van der Waals surface area contributed by atoms with Crippen LogP contribution in [0.25, 0.3) is 11.3 Å². The molecule has 3 aliphatic rings. The second kappa shape index (κ2) is 10.5. The Morgan fingerprint density at radius 2 is 1.80 bits per heavy atom. The van der Waals surface area contributed by atoms with E-state index in [4.69, 9.17) is 0 Å². The summed E-state index contributed by atoms with van der Waals surface area (Å²) in [6, 6.07) is 17.9. The molecule has 3 heterocycles. The number of nitrogens with one attached hydrogen (secondary N) is 2. The Hall–Kier alpha value is -4.99. The SMILES string of the molecule is CC(=O)N1CCc2cc(NC(=C3C(=O)Nc4ccc([N+](=O)[O-])cc43)c3ccc(CN4CCCC4=O)cc3)ccc2C1. The molecule has 0 atom stereocenters. The van der Waals surface area contributed by atoms with Crippen molar-refractivity contribution < 1.29 is 19.3 Å². The first-order valence-electron chi connectivity index (χ1n) is 13.6. The first kappa shape index (κ1) is 26.2. The molecule has 10 nitrogen and oxygen atoms in total. The number of non-ortho nitro benzene ring substituents is 1. The molecule has 0 bridgehead atoms. The van der Waals surface area contributed by atoms with Gasteiger partial charge in [0.05, 0.1) is 16.2 Å². The quantitative estimate of drug-likeness (QED) is 0.263. The molecule has 0 aromatic heterocycles. The number of carbonyl (C=O) groups excluding carboxylic acids is 3. The lowest BCUT2D eigenvalue weighted by atomic mass is 9.97. The van der Waals surface area contributed by atoms with Crippen molar-refractivity contribution >= 4 is 46.1 Å². The zero-order valence-corrected chi connectivity index (χ0v) is 22.6. The second-order valence-corrected chi connectivity index (χ2v) is 10.6. The number of likely N-dealkylation sites (tertiary alicyclic amines) is 1. The van der Waals surface area contributed by atoms with Crippen molar-refractivity contribution in [1.82, 2.24) is 9.80 Å². The molecule has 208 valence electrons. The summed E-state index contributed by atoms with van der Waals surface area (Å²) in [5, 5.41) is 17.8. The highest BCUT2D eigenvalue weighted by Crippen LogP contribution is 2.39. The van der Waals surface area contributed by atoms with Crippen molar-refractivity contribution in [3.8, 4) is 0 Å². The van der Waals surface area contributed by atoms with Gasteiger partial charge in [-0.15, -0.1) is 0 Å². The van der Waals surface area contributed by atoms with Crippen LogP contribution in [0.15, 0.2) is 60.7 Å². The first-order valence-corrected chi connectivity index (χ1v) is 13.6. The Labute approximate surface area is 236 Å². The maximum absolute atomic E-state index is 13.3. The highest BCUT2D eigenvalue weighted by atomic mass is 16.6. The van der Waals surface area contributed by atoms with Crippen LogP contribution in [0.2, 0.25) is 0 Å². The van der Waals surface area contributed by atoms with Crippen molar-refractivity contribution in [1.29, 1.82) is 0 Å². The summed E-state index contributed by atoms with van der Waals surface area (Å²) in [6.07, 6.45) is 2.16. The molecule has 3 aromatic carbocycles. The van der Waals surface area contributed by atoms with Gasteiger partial charge in [-0.2, -0.15) is 0 Å². The van der Waals surface area contributed by atoms with E-state index < -0.39 is 4.92 Å². The number of amides is 3. The van der Waals surface area contributed by atoms with E-state index in [1.807, 2.05) is 52.3 Å². The third-order valence-electron chi connectivity index (χ3n) is 7.93. The maximum atomic E-state index is 13.3. The van der Waals surface area contributed by atoms with Crippen LogP contribution in [-0.2, 0) is 33.9 Å². The van der Waals surface area contributed by atoms with Crippen molar-refractivity contribution in [3.05, 3.63) is 98.6 Å². The van der Waals surface area contributed by atoms with Crippen molar-refractivity contribution in [2.45, 2.75) is 39.3 Å². The van der Waals surface area contributed by atoms with E-state index in [-0.39, 0.29) is 23.4 Å². The van der Waals surface area contributed by atoms with Crippen molar-refractivity contribution in [2.75, 3.05) is 23.7 Å². The van der Waals surface area contributed by atoms with E-state index >= 15 is 0 Å². The average Bonchev–Trinajstić information content (AvgIpc) is 3.52. The Kier molecular flexibility index (Phi) is 6.74. The van der Waals surface area contributed by atoms with Gasteiger partial charge in [-0.1, -0.05) is 30.3 Å². The molecule has 0 spiro atoms. The fourth-order valence-corrected chi connectivity index (χ4v) is 5.71. The van der Waals surface area contributed by atoms with Crippen LogP contribution in [0.1, 0.15) is 47.6 Å². The van der Waals surface area contributed by atoms with Gasteiger partial charge in [0, 0.05) is 68.6 Å². The zero-order valence-electron chi connectivity index (χ0n) is 22.6. The lowest BCUT2D eigenvalue weighted by Crippen LogP contribution is -2.34. The molecule has 41 heavy (non-hydrogen) atoms. The molecular formula is C31H29N5O5. The first-order chi connectivity index (χ1) is 19.8. The predicted molar refractivity (Wildman–Crippen MR) is 154 cm³/mol. The summed E-state index contributed by atoms with van der Waals surface area (Å²) in [5.74, 6) is -0.162. The molecule has 10 heteroatoms. The summed E-state index contributed by atoms with van der Waals surface area (Å²) in [4.78, 5) is 52.0. The van der Waals surface area contributed by atoms with Gasteiger partial charge in [0.25, 0.3) is 11.6 Å². The Bertz CT molecular complexity index is 1630. The van der Waals surface area contributed by atoms with Crippen molar-refractivity contribution in [2.24, 2.45) is 0 Å². The minimum absolute atomic E-state index is 0.0439. The second-order valence-electron chi connectivity index (χ2n) is 10.6. The molecule has 0 aliphatic carbocycles. The molecule has 3 aliphatic heterocycles. The highest BCUT2D eigenvalue weighted by Gasteiger charge is 2.31. The number of benzene rings is 3. The third kappa shape index (κ3) is 5.16. The van der Waals surface area contributed by atoms with E-state index in [1.54, 1.807) is 13.0 Å². The summed E-state index contributed by atoms with van der Waals surface area (Å²) in [5.41, 5.74) is 6.35. The highest BCUT2D eigenvalue weighted by molar-refractivity contribution is 6.37. The van der Waals surface area contributed by atoms with Gasteiger partial charge in [-0.3, -0.25) is 24.5 Å². The number of rotatable bonds is 6. The molecule has 1 saturated heterocycles. The Morgan fingerprint density at radius 1 is 1.00 bits per heavy atom. The minimum Gasteiger partial charge on any atom is -0.354 e. The van der Waals surface area contributed by atoms with Gasteiger partial charge in [-0.25, -0.2) is 0 Å². The van der Waals surface area contributed by atoms with Crippen LogP contribution in [-0.4, -0.2) is 45.5 Å². The molecule has 3 aromatic rings. The number of hydrogen-bond donors (Lipinski definition) is 2. The standard InChI is InChI=1S/C31H29N5O5/c1-19(37)34-14-12-22-15-24(9-8-23(22)18-34)32-30(21-6-4-20(5-7-21)17-35-13-2-3-28(35)38)29-26-16-25(36(40)41)10-11-27(26)33-31(29)39/h4-11,15-16,32H,2-3,12-14,17-18H2,1H3,(H,33,39). The Morgan fingerprint density at radius 3 is 2.51 bits per heavy atom. The molecule has 0 radical (unpaired) electrons. The van der Waals surface area contributed by atoms with E-state index in [1.165, 1.54) is 12.1 Å². The lowest BCUT2D eigenvalue weighted by Gasteiger charge is -2.28. The third-order valence-corrected chi connectivity index (χ3v) is 7.93. The lowest BCUT2D eigenvalue weighted by molar-refractivity contribution is -0.384. The average molecular weight is 552 g/mol. The van der Waals surface area contributed by atoms with Crippen LogP contribution < -0.4 is 10.6 Å². The number of anilines is 2. The summed E-state index contributed by atoms with van der Waals surface area (Å²) in [6.45, 7) is 4.04. The Balaban J connectivity index is 1.40. The smallest absolute Gasteiger partial charge is 0.270 e. The summed E-state index contributed by atoms with van der Waals surface area (Å²) >= 11 is 0. The number of nitro benzene ring substituents is 1. The van der Waals surface area contributed by atoms with Crippen LogP contribution >= 0.6 is 0 Å². The number of nitro groups is 1. The van der Waals surface area contributed by atoms with E-state index in [9.17, 15) is 24.5 Å². The van der Waals surface area contributed by atoms with Crippen LogP contribution in [0.4, 0.5) is 17.1 Å². The number of fused-ring (bicyclic) bond motifs is 2. The van der Waals surface area contributed by atoms with Gasteiger partial charge in [0.1, 0.15) is 0 Å². The van der Waals surface area contributed by atoms with Crippen LogP contribution in [0.3, 0.4) is 0 Å². The molecular weight excluding hydrogens is 522 g/mol. The van der Waals surface area contributed by atoms with Crippen LogP contribution in [0.5, 0.6) is 0 Å². The van der Waals surface area contributed by atoms with Gasteiger partial charge in [0.2, 0.25) is 11.8 Å². The van der Waals surface area contributed by atoms with Gasteiger partial charge in [-0.05, 0) is 53.3 Å². The van der Waals surface area contributed by atoms with E-state index in [2.05, 4.69) is 10.6 Å². The molecule has 1 fully saturated rings. The molecule has 0 saturated carbocycles. The fourth-order valence-electron chi connectivity index (χ4n) is 5.71. The monoisotopic (exact) mass is 551 g/mol. The summed E-state index contributed by atoms with van der Waals surface area (Å²) in [7, 11) is 0. The minimum atomic E-state index is -0.476. The molecule has 2 N–H and O–H groups in total. The van der Waals surface area contributed by atoms with E-state index in [0.29, 0.717) is 48.6 Å².